The molecule has 1 aliphatic heterocycles. The van der Waals surface area contributed by atoms with Crippen LogP contribution in [0.4, 0.5) is 0 Å². The van der Waals surface area contributed by atoms with Crippen LogP contribution in [0.15, 0.2) is 27.1 Å². The predicted molar refractivity (Wildman–Crippen MR) is 80.8 cm³/mol. The summed E-state index contributed by atoms with van der Waals surface area (Å²) in [4.78, 5) is 14.6. The fraction of sp³-hybridized carbons (Fsp3) is 0.500. The van der Waals surface area contributed by atoms with E-state index in [1.807, 2.05) is 23.1 Å². The Kier molecular flexibility index (Phi) is 4.49. The van der Waals surface area contributed by atoms with Crippen LogP contribution in [0.1, 0.15) is 43.5 Å². The maximum absolute atomic E-state index is 12.6. The highest BCUT2D eigenvalue weighted by Crippen LogP contribution is 2.27. The molecule has 0 radical (unpaired) electrons. The van der Waals surface area contributed by atoms with Gasteiger partial charge in [-0.2, -0.15) is 0 Å². The average Bonchev–Trinajstić information content (AvgIpc) is 2.27. The van der Waals surface area contributed by atoms with Crippen LogP contribution in [0.25, 0.3) is 0 Å². The van der Waals surface area contributed by atoms with E-state index in [1.54, 1.807) is 0 Å². The number of carbonyl (C=O) groups is 1. The first-order chi connectivity index (χ1) is 8.49. The Balaban J connectivity index is 2.29. The Hall–Kier alpha value is -0.350. The number of piperidine rings is 1. The number of hydrogen-bond acceptors (Lipinski definition) is 1. The molecule has 1 saturated heterocycles. The second-order valence-electron chi connectivity index (χ2n) is 5.00. The Morgan fingerprint density at radius 1 is 1.11 bits per heavy atom. The van der Waals surface area contributed by atoms with Crippen LogP contribution in [0.2, 0.25) is 0 Å². The van der Waals surface area contributed by atoms with Crippen molar-refractivity contribution in [1.82, 2.24) is 4.90 Å². The molecule has 0 aliphatic carbocycles. The zero-order chi connectivity index (χ0) is 13.3. The molecule has 0 aromatic heterocycles. The highest BCUT2D eigenvalue weighted by molar-refractivity contribution is 9.11. The smallest absolute Gasteiger partial charge is 0.254 e. The van der Waals surface area contributed by atoms with Gasteiger partial charge in [0.05, 0.1) is 0 Å². The zero-order valence-corrected chi connectivity index (χ0v) is 13.8. The standard InChI is InChI=1S/C14H17Br2NO/c1-9-4-3-5-10(2)17(9)14(18)11-6-12(15)8-13(16)7-11/h6-10H,3-5H2,1-2H3. The van der Waals surface area contributed by atoms with Gasteiger partial charge in [-0.05, 0) is 51.3 Å². The van der Waals surface area contributed by atoms with Crippen LogP contribution in [0, 0.1) is 0 Å². The second kappa shape index (κ2) is 5.74. The third-order valence-corrected chi connectivity index (χ3v) is 4.45. The molecule has 0 N–H and O–H groups in total. The lowest BCUT2D eigenvalue weighted by Crippen LogP contribution is -2.47. The molecule has 0 bridgehead atoms. The number of nitrogens with zero attached hydrogens (tertiary/aromatic N) is 1. The monoisotopic (exact) mass is 373 g/mol. The first-order valence-electron chi connectivity index (χ1n) is 6.28. The minimum Gasteiger partial charge on any atom is -0.333 e. The predicted octanol–water partition coefficient (Wildman–Crippen LogP) is 4.61. The summed E-state index contributed by atoms with van der Waals surface area (Å²) in [6, 6.07) is 6.39. The fourth-order valence-corrected chi connectivity index (χ4v) is 3.94. The molecule has 1 aromatic rings. The maximum atomic E-state index is 12.6. The zero-order valence-electron chi connectivity index (χ0n) is 10.6. The van der Waals surface area contributed by atoms with Crippen LogP contribution < -0.4 is 0 Å². The second-order valence-corrected chi connectivity index (χ2v) is 6.83. The summed E-state index contributed by atoms with van der Waals surface area (Å²) in [5.41, 5.74) is 0.747. The summed E-state index contributed by atoms with van der Waals surface area (Å²) in [7, 11) is 0. The lowest BCUT2D eigenvalue weighted by molar-refractivity contribution is 0.0510. The maximum Gasteiger partial charge on any atom is 0.254 e. The third kappa shape index (κ3) is 2.97. The molecule has 1 fully saturated rings. The highest BCUT2D eigenvalue weighted by Gasteiger charge is 2.29. The molecule has 1 aromatic carbocycles. The fourth-order valence-electron chi connectivity index (χ4n) is 2.65. The van der Waals surface area contributed by atoms with E-state index in [1.165, 1.54) is 6.42 Å². The number of benzene rings is 1. The van der Waals surface area contributed by atoms with Gasteiger partial charge in [0.15, 0.2) is 0 Å². The molecule has 2 nitrogen and oxygen atoms in total. The molecular formula is C14H17Br2NO. The quantitative estimate of drug-likeness (QED) is 0.702. The number of rotatable bonds is 1. The SMILES string of the molecule is CC1CCCC(C)N1C(=O)c1cc(Br)cc(Br)c1. The van der Waals surface area contributed by atoms with E-state index in [0.29, 0.717) is 12.1 Å². The summed E-state index contributed by atoms with van der Waals surface area (Å²) in [5.74, 6) is 0.136. The molecule has 1 amide bonds. The Morgan fingerprint density at radius 2 is 1.61 bits per heavy atom. The minimum atomic E-state index is 0.136. The van der Waals surface area contributed by atoms with Crippen LogP contribution in [0.5, 0.6) is 0 Å². The summed E-state index contributed by atoms with van der Waals surface area (Å²) in [6.45, 7) is 4.28. The molecular weight excluding hydrogens is 358 g/mol. The van der Waals surface area contributed by atoms with Gasteiger partial charge in [-0.3, -0.25) is 4.79 Å². The van der Waals surface area contributed by atoms with Gasteiger partial charge >= 0.3 is 0 Å². The minimum absolute atomic E-state index is 0.136. The van der Waals surface area contributed by atoms with Gasteiger partial charge in [0, 0.05) is 26.6 Å². The van der Waals surface area contributed by atoms with Crippen molar-refractivity contribution in [2.45, 2.75) is 45.2 Å². The summed E-state index contributed by atoms with van der Waals surface area (Å²) < 4.78 is 1.86. The molecule has 2 rings (SSSR count). The number of hydrogen-bond donors (Lipinski definition) is 0. The molecule has 18 heavy (non-hydrogen) atoms. The first-order valence-corrected chi connectivity index (χ1v) is 7.86. The summed E-state index contributed by atoms with van der Waals surface area (Å²) >= 11 is 6.87. The average molecular weight is 375 g/mol. The van der Waals surface area contributed by atoms with Gasteiger partial charge in [0.25, 0.3) is 5.91 Å². The lowest BCUT2D eigenvalue weighted by atomic mass is 9.96. The van der Waals surface area contributed by atoms with Crippen LogP contribution in [0.3, 0.4) is 0 Å². The van der Waals surface area contributed by atoms with E-state index < -0.39 is 0 Å². The van der Waals surface area contributed by atoms with Crippen molar-refractivity contribution >= 4 is 37.8 Å². The van der Waals surface area contributed by atoms with Gasteiger partial charge in [0.1, 0.15) is 0 Å². The molecule has 0 saturated carbocycles. The highest BCUT2D eigenvalue weighted by atomic mass is 79.9. The first kappa shape index (κ1) is 14.1. The van der Waals surface area contributed by atoms with Crippen molar-refractivity contribution in [2.75, 3.05) is 0 Å². The Morgan fingerprint density at radius 3 is 2.11 bits per heavy atom. The van der Waals surface area contributed by atoms with Crippen LogP contribution in [-0.2, 0) is 0 Å². The summed E-state index contributed by atoms with van der Waals surface area (Å²) in [5, 5.41) is 0. The molecule has 2 atom stereocenters. The molecule has 1 aliphatic rings. The van der Waals surface area contributed by atoms with Crippen LogP contribution in [-0.4, -0.2) is 22.9 Å². The number of likely N-dealkylation sites (tertiary alicyclic amines) is 1. The Bertz CT molecular complexity index is 431. The van der Waals surface area contributed by atoms with E-state index in [-0.39, 0.29) is 5.91 Å². The van der Waals surface area contributed by atoms with E-state index in [2.05, 4.69) is 45.7 Å². The molecule has 2 unspecified atom stereocenters. The molecule has 4 heteroatoms. The van der Waals surface area contributed by atoms with Gasteiger partial charge in [-0.1, -0.05) is 31.9 Å². The number of amides is 1. The van der Waals surface area contributed by atoms with E-state index in [4.69, 9.17) is 0 Å². The van der Waals surface area contributed by atoms with Crippen molar-refractivity contribution in [3.8, 4) is 0 Å². The third-order valence-electron chi connectivity index (χ3n) is 3.54. The van der Waals surface area contributed by atoms with Crippen molar-refractivity contribution in [3.63, 3.8) is 0 Å². The molecule has 1 heterocycles. The van der Waals surface area contributed by atoms with Crippen molar-refractivity contribution in [1.29, 1.82) is 0 Å². The topological polar surface area (TPSA) is 20.3 Å². The Labute approximate surface area is 125 Å². The number of carbonyl (C=O) groups excluding carboxylic acids is 1. The van der Waals surface area contributed by atoms with Gasteiger partial charge in [-0.25, -0.2) is 0 Å². The van der Waals surface area contributed by atoms with Gasteiger partial charge in [-0.15, -0.1) is 0 Å². The van der Waals surface area contributed by atoms with Gasteiger partial charge < -0.3 is 4.90 Å². The molecule has 0 spiro atoms. The largest absolute Gasteiger partial charge is 0.333 e. The number of halogens is 2. The normalized spacial score (nSPS) is 24.1. The van der Waals surface area contributed by atoms with Gasteiger partial charge in [0.2, 0.25) is 0 Å². The lowest BCUT2D eigenvalue weighted by Gasteiger charge is -2.39. The summed E-state index contributed by atoms with van der Waals surface area (Å²) in [6.07, 6.45) is 3.42. The van der Waals surface area contributed by atoms with Crippen molar-refractivity contribution < 1.29 is 4.79 Å². The van der Waals surface area contributed by atoms with Crippen LogP contribution >= 0.6 is 31.9 Å². The molecule has 98 valence electrons. The van der Waals surface area contributed by atoms with E-state index >= 15 is 0 Å². The van der Waals surface area contributed by atoms with E-state index in [0.717, 1.165) is 27.4 Å². The van der Waals surface area contributed by atoms with Crippen molar-refractivity contribution in [3.05, 3.63) is 32.7 Å². The van der Waals surface area contributed by atoms with E-state index in [9.17, 15) is 4.79 Å². The van der Waals surface area contributed by atoms with Crippen molar-refractivity contribution in [2.24, 2.45) is 0 Å².